The van der Waals surface area contributed by atoms with Gasteiger partial charge in [-0.3, -0.25) is 9.59 Å². The molecule has 0 unspecified atom stereocenters. The molecular formula is C24H26N2O4. The minimum atomic E-state index is -0.580. The Morgan fingerprint density at radius 2 is 1.83 bits per heavy atom. The molecule has 0 aliphatic carbocycles. The van der Waals surface area contributed by atoms with E-state index in [0.717, 1.165) is 24.1 Å². The first-order valence-corrected chi connectivity index (χ1v) is 10.1. The zero-order valence-corrected chi connectivity index (χ0v) is 17.7. The summed E-state index contributed by atoms with van der Waals surface area (Å²) in [6.45, 7) is 5.20. The second-order valence-electron chi connectivity index (χ2n) is 8.26. The molecule has 2 aromatic carbocycles. The number of aryl methyl sites for hydroxylation is 2. The number of rotatable bonds is 5. The third kappa shape index (κ3) is 3.37. The summed E-state index contributed by atoms with van der Waals surface area (Å²) in [5.74, 6) is -0.0819. The number of aromatic hydroxyl groups is 1. The summed E-state index contributed by atoms with van der Waals surface area (Å²) in [7, 11) is 3.96. The summed E-state index contributed by atoms with van der Waals surface area (Å²) in [6.07, 6.45) is 0.758. The van der Waals surface area contributed by atoms with Crippen molar-refractivity contribution in [2.45, 2.75) is 26.3 Å². The van der Waals surface area contributed by atoms with Gasteiger partial charge in [-0.2, -0.15) is 0 Å². The lowest BCUT2D eigenvalue weighted by atomic mass is 9.97. The van der Waals surface area contributed by atoms with E-state index in [4.69, 9.17) is 4.42 Å². The van der Waals surface area contributed by atoms with Gasteiger partial charge in [-0.15, -0.1) is 0 Å². The first kappa shape index (κ1) is 20.2. The fourth-order valence-corrected chi connectivity index (χ4v) is 4.10. The number of carbonyl (C=O) groups is 1. The van der Waals surface area contributed by atoms with Gasteiger partial charge in [-0.05, 0) is 81.9 Å². The molecule has 0 radical (unpaired) electrons. The van der Waals surface area contributed by atoms with E-state index in [0.29, 0.717) is 28.6 Å². The quantitative estimate of drug-likeness (QED) is 0.701. The highest BCUT2D eigenvalue weighted by Gasteiger charge is 2.42. The molecule has 0 saturated heterocycles. The third-order valence-corrected chi connectivity index (χ3v) is 5.77. The van der Waals surface area contributed by atoms with E-state index in [1.54, 1.807) is 23.1 Å². The fraction of sp³-hybridized carbons (Fsp3) is 0.333. The second kappa shape index (κ2) is 7.61. The van der Waals surface area contributed by atoms with Crippen LogP contribution in [0.5, 0.6) is 5.75 Å². The molecule has 3 aromatic rings. The van der Waals surface area contributed by atoms with Crippen LogP contribution in [0.1, 0.15) is 45.3 Å². The van der Waals surface area contributed by atoms with Gasteiger partial charge in [0, 0.05) is 6.54 Å². The molecule has 1 aliphatic heterocycles. The third-order valence-electron chi connectivity index (χ3n) is 5.77. The van der Waals surface area contributed by atoms with Crippen LogP contribution in [0.15, 0.2) is 45.6 Å². The molecule has 4 rings (SSSR count). The SMILES string of the molecule is Cc1cc2oc3c(c(=O)c2cc1C)[C@@H](c1cccc(O)c1)N(CCCN(C)C)C3=O. The van der Waals surface area contributed by atoms with Crippen LogP contribution in [0.4, 0.5) is 0 Å². The molecule has 0 fully saturated rings. The van der Waals surface area contributed by atoms with Crippen molar-refractivity contribution in [1.82, 2.24) is 9.80 Å². The molecule has 1 atom stereocenters. The maximum atomic E-state index is 13.5. The van der Waals surface area contributed by atoms with Crippen molar-refractivity contribution in [2.24, 2.45) is 0 Å². The lowest BCUT2D eigenvalue weighted by Crippen LogP contribution is -2.32. The average molecular weight is 406 g/mol. The Bertz CT molecular complexity index is 1200. The molecular weight excluding hydrogens is 380 g/mol. The van der Waals surface area contributed by atoms with Gasteiger partial charge < -0.3 is 19.3 Å². The minimum absolute atomic E-state index is 0.0956. The average Bonchev–Trinajstić information content (AvgIpc) is 2.96. The van der Waals surface area contributed by atoms with Crippen LogP contribution < -0.4 is 5.43 Å². The number of nitrogens with zero attached hydrogens (tertiary/aromatic N) is 2. The number of hydrogen-bond donors (Lipinski definition) is 1. The van der Waals surface area contributed by atoms with Crippen LogP contribution in [-0.4, -0.2) is 48.0 Å². The summed E-state index contributed by atoms with van der Waals surface area (Å²) >= 11 is 0. The summed E-state index contributed by atoms with van der Waals surface area (Å²) in [6, 6.07) is 9.80. The van der Waals surface area contributed by atoms with Crippen molar-refractivity contribution in [3.8, 4) is 5.75 Å². The first-order valence-electron chi connectivity index (χ1n) is 10.1. The van der Waals surface area contributed by atoms with E-state index in [2.05, 4.69) is 4.90 Å². The van der Waals surface area contributed by atoms with Gasteiger partial charge >= 0.3 is 0 Å². The van der Waals surface area contributed by atoms with E-state index in [9.17, 15) is 14.7 Å². The summed E-state index contributed by atoms with van der Waals surface area (Å²) in [5, 5.41) is 10.5. The van der Waals surface area contributed by atoms with Gasteiger partial charge in [0.1, 0.15) is 11.3 Å². The summed E-state index contributed by atoms with van der Waals surface area (Å²) in [4.78, 5) is 30.6. The molecule has 6 nitrogen and oxygen atoms in total. The first-order chi connectivity index (χ1) is 14.3. The van der Waals surface area contributed by atoms with Gasteiger partial charge in [0.25, 0.3) is 5.91 Å². The maximum absolute atomic E-state index is 13.5. The van der Waals surface area contributed by atoms with Gasteiger partial charge in [-0.25, -0.2) is 0 Å². The number of benzene rings is 2. The molecule has 0 spiro atoms. The largest absolute Gasteiger partial charge is 0.508 e. The van der Waals surface area contributed by atoms with Crippen molar-refractivity contribution in [2.75, 3.05) is 27.2 Å². The zero-order valence-electron chi connectivity index (χ0n) is 17.7. The highest BCUT2D eigenvalue weighted by Crippen LogP contribution is 2.39. The monoisotopic (exact) mass is 406 g/mol. The molecule has 156 valence electrons. The van der Waals surface area contributed by atoms with Crippen LogP contribution in [0.3, 0.4) is 0 Å². The number of hydrogen-bond acceptors (Lipinski definition) is 5. The Kier molecular flexibility index (Phi) is 5.12. The Labute approximate surface area is 175 Å². The smallest absolute Gasteiger partial charge is 0.290 e. The van der Waals surface area contributed by atoms with E-state index < -0.39 is 6.04 Å². The van der Waals surface area contributed by atoms with Gasteiger partial charge in [-0.1, -0.05) is 12.1 Å². The van der Waals surface area contributed by atoms with Gasteiger partial charge in [0.15, 0.2) is 5.43 Å². The molecule has 6 heteroatoms. The Morgan fingerprint density at radius 3 is 2.53 bits per heavy atom. The van der Waals surface area contributed by atoms with E-state index >= 15 is 0 Å². The van der Waals surface area contributed by atoms with Crippen molar-refractivity contribution >= 4 is 16.9 Å². The van der Waals surface area contributed by atoms with Crippen LogP contribution in [0, 0.1) is 13.8 Å². The van der Waals surface area contributed by atoms with Crippen LogP contribution >= 0.6 is 0 Å². The number of carbonyl (C=O) groups excluding carboxylic acids is 1. The number of amides is 1. The number of phenolic OH excluding ortho intramolecular Hbond substituents is 1. The van der Waals surface area contributed by atoms with E-state index in [1.165, 1.54) is 0 Å². The second-order valence-corrected chi connectivity index (χ2v) is 8.26. The number of phenols is 1. The molecule has 1 aliphatic rings. The Balaban J connectivity index is 1.91. The van der Waals surface area contributed by atoms with E-state index in [-0.39, 0.29) is 22.8 Å². The highest BCUT2D eigenvalue weighted by atomic mass is 16.3. The van der Waals surface area contributed by atoms with Crippen LogP contribution in [-0.2, 0) is 0 Å². The van der Waals surface area contributed by atoms with Crippen molar-refractivity contribution in [1.29, 1.82) is 0 Å². The van der Waals surface area contributed by atoms with Gasteiger partial charge in [0.2, 0.25) is 5.76 Å². The molecule has 1 N–H and O–H groups in total. The fourth-order valence-electron chi connectivity index (χ4n) is 4.10. The van der Waals surface area contributed by atoms with Crippen molar-refractivity contribution in [3.63, 3.8) is 0 Å². The predicted molar refractivity (Wildman–Crippen MR) is 116 cm³/mol. The summed E-state index contributed by atoms with van der Waals surface area (Å²) < 4.78 is 6.01. The molecule has 1 aromatic heterocycles. The maximum Gasteiger partial charge on any atom is 0.290 e. The molecule has 0 bridgehead atoms. The highest BCUT2D eigenvalue weighted by molar-refractivity contribution is 5.99. The lowest BCUT2D eigenvalue weighted by Gasteiger charge is -2.25. The van der Waals surface area contributed by atoms with E-state index in [1.807, 2.05) is 46.1 Å². The minimum Gasteiger partial charge on any atom is -0.508 e. The Hall–Kier alpha value is -3.12. The molecule has 2 heterocycles. The standard InChI is InChI=1S/C24H26N2O4/c1-14-11-18-19(12-15(14)2)30-23-20(22(18)28)21(16-7-5-8-17(27)13-16)26(24(23)29)10-6-9-25(3)4/h5,7-8,11-13,21,27H,6,9-10H2,1-4H3/t21-/m1/s1. The number of fused-ring (bicyclic) bond motifs is 2. The molecule has 0 saturated carbocycles. The van der Waals surface area contributed by atoms with Crippen LogP contribution in [0.25, 0.3) is 11.0 Å². The van der Waals surface area contributed by atoms with Gasteiger partial charge in [0.05, 0.1) is 17.0 Å². The summed E-state index contributed by atoms with van der Waals surface area (Å²) in [5.41, 5.74) is 3.29. The van der Waals surface area contributed by atoms with Crippen LogP contribution in [0.2, 0.25) is 0 Å². The molecule has 1 amide bonds. The van der Waals surface area contributed by atoms with Crippen molar-refractivity contribution < 1.29 is 14.3 Å². The van der Waals surface area contributed by atoms with Crippen molar-refractivity contribution in [3.05, 3.63) is 74.6 Å². The topological polar surface area (TPSA) is 74.0 Å². The predicted octanol–water partition coefficient (Wildman–Crippen LogP) is 3.61. The molecule has 30 heavy (non-hydrogen) atoms. The zero-order chi connectivity index (χ0) is 21.6. The lowest BCUT2D eigenvalue weighted by molar-refractivity contribution is 0.0722. The Morgan fingerprint density at radius 1 is 1.10 bits per heavy atom. The normalized spacial score (nSPS) is 16.0.